The maximum absolute atomic E-state index is 13.0. The van der Waals surface area contributed by atoms with Crippen LogP contribution in [0.2, 0.25) is 0 Å². The Balaban J connectivity index is 2.84. The van der Waals surface area contributed by atoms with Crippen LogP contribution in [0.3, 0.4) is 0 Å². The first-order valence-corrected chi connectivity index (χ1v) is 4.80. The normalized spacial score (nSPS) is 10.2. The molecule has 0 N–H and O–H groups in total. The molecule has 0 aliphatic rings. The molecule has 1 nitrogen and oxygen atoms in total. The Morgan fingerprint density at radius 1 is 1.46 bits per heavy atom. The standard InChI is InChI=1S/C9H4FNS2/c10-9-8(12)6-3-5(4-11)1-2-7(6)13-9/h1-3,12H. The van der Waals surface area contributed by atoms with Crippen LogP contribution in [-0.4, -0.2) is 0 Å². The Morgan fingerprint density at radius 2 is 2.23 bits per heavy atom. The van der Waals surface area contributed by atoms with E-state index in [1.807, 2.05) is 6.07 Å². The molecule has 0 spiro atoms. The molecule has 13 heavy (non-hydrogen) atoms. The molecule has 1 aromatic heterocycles. The van der Waals surface area contributed by atoms with Gasteiger partial charge in [-0.15, -0.1) is 24.0 Å². The fourth-order valence-electron chi connectivity index (χ4n) is 1.12. The van der Waals surface area contributed by atoms with E-state index in [1.165, 1.54) is 0 Å². The smallest absolute Gasteiger partial charge is 0.190 e. The van der Waals surface area contributed by atoms with Gasteiger partial charge in [-0.05, 0) is 18.2 Å². The van der Waals surface area contributed by atoms with Gasteiger partial charge in [0.1, 0.15) is 0 Å². The van der Waals surface area contributed by atoms with Crippen molar-refractivity contribution in [3.05, 3.63) is 28.9 Å². The fourth-order valence-corrected chi connectivity index (χ4v) is 2.33. The SMILES string of the molecule is N#Cc1ccc2sc(F)c(S)c2c1. The van der Waals surface area contributed by atoms with Gasteiger partial charge in [0, 0.05) is 10.1 Å². The Kier molecular flexibility index (Phi) is 1.98. The number of benzene rings is 1. The number of thiophene rings is 1. The van der Waals surface area contributed by atoms with Crippen molar-refractivity contribution in [2.24, 2.45) is 0 Å². The maximum atomic E-state index is 13.0. The molecule has 0 saturated heterocycles. The Labute approximate surface area is 83.8 Å². The number of nitrogens with zero attached hydrogens (tertiary/aromatic N) is 1. The summed E-state index contributed by atoms with van der Waals surface area (Å²) in [5.41, 5.74) is 0.528. The number of halogens is 1. The highest BCUT2D eigenvalue weighted by molar-refractivity contribution is 7.80. The van der Waals surface area contributed by atoms with Gasteiger partial charge in [-0.3, -0.25) is 0 Å². The molecular weight excluding hydrogens is 205 g/mol. The van der Waals surface area contributed by atoms with Crippen LogP contribution in [0.15, 0.2) is 23.1 Å². The van der Waals surface area contributed by atoms with Gasteiger partial charge in [-0.1, -0.05) is 0 Å². The van der Waals surface area contributed by atoms with E-state index in [2.05, 4.69) is 12.6 Å². The van der Waals surface area contributed by atoms with Crippen LogP contribution in [-0.2, 0) is 0 Å². The average Bonchev–Trinajstić information content (AvgIpc) is 2.43. The minimum absolute atomic E-state index is 0.298. The molecule has 4 heteroatoms. The van der Waals surface area contributed by atoms with E-state index in [4.69, 9.17) is 5.26 Å². The fraction of sp³-hybridized carbons (Fsp3) is 0. The minimum Gasteiger partial charge on any atom is -0.194 e. The predicted molar refractivity (Wildman–Crippen MR) is 53.8 cm³/mol. The topological polar surface area (TPSA) is 23.8 Å². The molecule has 0 unspecified atom stereocenters. The molecule has 0 amide bonds. The van der Waals surface area contributed by atoms with E-state index in [0.717, 1.165) is 16.0 Å². The summed E-state index contributed by atoms with van der Waals surface area (Å²) in [6.45, 7) is 0. The zero-order valence-electron chi connectivity index (χ0n) is 6.41. The van der Waals surface area contributed by atoms with E-state index >= 15 is 0 Å². The first kappa shape index (κ1) is 8.54. The number of rotatable bonds is 0. The van der Waals surface area contributed by atoms with Crippen LogP contribution in [0, 0.1) is 16.5 Å². The van der Waals surface area contributed by atoms with Crippen molar-refractivity contribution < 1.29 is 4.39 Å². The molecule has 0 saturated carbocycles. The monoisotopic (exact) mass is 209 g/mol. The third kappa shape index (κ3) is 1.30. The summed E-state index contributed by atoms with van der Waals surface area (Å²) in [7, 11) is 0. The molecule has 0 fully saturated rings. The summed E-state index contributed by atoms with van der Waals surface area (Å²) < 4.78 is 13.8. The Hall–Kier alpha value is -1.05. The van der Waals surface area contributed by atoms with Crippen LogP contribution in [0.25, 0.3) is 10.1 Å². The molecule has 0 bridgehead atoms. The third-order valence-corrected chi connectivity index (χ3v) is 3.30. The van der Waals surface area contributed by atoms with Crippen molar-refractivity contribution in [2.75, 3.05) is 0 Å². The largest absolute Gasteiger partial charge is 0.194 e. The number of nitriles is 1. The average molecular weight is 209 g/mol. The molecule has 2 aromatic rings. The highest BCUT2D eigenvalue weighted by Gasteiger charge is 2.08. The van der Waals surface area contributed by atoms with Crippen LogP contribution in [0.5, 0.6) is 0 Å². The lowest BCUT2D eigenvalue weighted by molar-refractivity contribution is 0.636. The van der Waals surface area contributed by atoms with Gasteiger partial charge in [0.05, 0.1) is 16.5 Å². The van der Waals surface area contributed by atoms with Crippen LogP contribution in [0.4, 0.5) is 4.39 Å². The molecule has 1 aromatic carbocycles. The first-order chi connectivity index (χ1) is 6.22. The van der Waals surface area contributed by atoms with Gasteiger partial charge in [0.15, 0.2) is 5.13 Å². The highest BCUT2D eigenvalue weighted by atomic mass is 32.1. The Morgan fingerprint density at radius 3 is 2.92 bits per heavy atom. The van der Waals surface area contributed by atoms with Crippen molar-refractivity contribution in [1.82, 2.24) is 0 Å². The van der Waals surface area contributed by atoms with E-state index < -0.39 is 0 Å². The molecule has 0 aliphatic carbocycles. The van der Waals surface area contributed by atoms with Gasteiger partial charge >= 0.3 is 0 Å². The van der Waals surface area contributed by atoms with Gasteiger partial charge in [0.2, 0.25) is 0 Å². The van der Waals surface area contributed by atoms with Crippen molar-refractivity contribution in [3.63, 3.8) is 0 Å². The zero-order valence-corrected chi connectivity index (χ0v) is 8.12. The van der Waals surface area contributed by atoms with Crippen molar-refractivity contribution in [3.8, 4) is 6.07 Å². The molecule has 1 heterocycles. The van der Waals surface area contributed by atoms with Crippen molar-refractivity contribution >= 4 is 34.1 Å². The summed E-state index contributed by atoms with van der Waals surface area (Å²) in [5, 5.41) is 9.04. The molecule has 64 valence electrons. The summed E-state index contributed by atoms with van der Waals surface area (Å²) >= 11 is 5.07. The minimum atomic E-state index is -0.298. The Bertz CT molecular complexity index is 510. The number of fused-ring (bicyclic) bond motifs is 1. The lowest BCUT2D eigenvalue weighted by atomic mass is 10.2. The second-order valence-corrected chi connectivity index (χ2v) is 4.00. The number of hydrogen-bond acceptors (Lipinski definition) is 3. The van der Waals surface area contributed by atoms with E-state index in [-0.39, 0.29) is 5.13 Å². The summed E-state index contributed by atoms with van der Waals surface area (Å²) in [6, 6.07) is 7.06. The summed E-state index contributed by atoms with van der Waals surface area (Å²) in [4.78, 5) is 0.331. The molecule has 2 rings (SSSR count). The van der Waals surface area contributed by atoms with Gasteiger partial charge < -0.3 is 0 Å². The van der Waals surface area contributed by atoms with Crippen molar-refractivity contribution in [1.29, 1.82) is 5.26 Å². The second-order valence-electron chi connectivity index (χ2n) is 2.55. The van der Waals surface area contributed by atoms with E-state index in [9.17, 15) is 4.39 Å². The number of hydrogen-bond donors (Lipinski definition) is 1. The highest BCUT2D eigenvalue weighted by Crippen LogP contribution is 2.32. The molecular formula is C9H4FNS2. The summed E-state index contributed by atoms with van der Waals surface area (Å²) in [5.74, 6) is 0. The lowest BCUT2D eigenvalue weighted by Gasteiger charge is -1.90. The molecule has 0 atom stereocenters. The zero-order chi connectivity index (χ0) is 9.42. The third-order valence-electron chi connectivity index (χ3n) is 1.75. The van der Waals surface area contributed by atoms with Crippen LogP contribution in [0.1, 0.15) is 5.56 Å². The van der Waals surface area contributed by atoms with E-state index in [0.29, 0.717) is 15.8 Å². The van der Waals surface area contributed by atoms with Gasteiger partial charge in [0.25, 0.3) is 0 Å². The lowest BCUT2D eigenvalue weighted by Crippen LogP contribution is -1.72. The second kappa shape index (κ2) is 3.02. The number of thiol groups is 1. The predicted octanol–water partition coefficient (Wildman–Crippen LogP) is 3.20. The van der Waals surface area contributed by atoms with Crippen molar-refractivity contribution in [2.45, 2.75) is 4.90 Å². The summed E-state index contributed by atoms with van der Waals surface area (Å²) in [6.07, 6.45) is 0. The van der Waals surface area contributed by atoms with E-state index in [1.54, 1.807) is 18.2 Å². The van der Waals surface area contributed by atoms with Crippen LogP contribution >= 0.6 is 24.0 Å². The van der Waals surface area contributed by atoms with Gasteiger partial charge in [-0.2, -0.15) is 9.65 Å². The van der Waals surface area contributed by atoms with Crippen LogP contribution < -0.4 is 0 Å². The quantitative estimate of drug-likeness (QED) is 0.662. The van der Waals surface area contributed by atoms with Gasteiger partial charge in [-0.25, -0.2) is 0 Å². The molecule has 0 radical (unpaired) electrons. The first-order valence-electron chi connectivity index (χ1n) is 3.53. The molecule has 0 aliphatic heterocycles. The maximum Gasteiger partial charge on any atom is 0.190 e.